The smallest absolute Gasteiger partial charge is 0.214 e. The van der Waals surface area contributed by atoms with Crippen LogP contribution in [0.2, 0.25) is 0 Å². The monoisotopic (exact) mass is 291 g/mol. The first-order valence-corrected chi connectivity index (χ1v) is 7.23. The number of rotatable bonds is 3. The number of nitrogens with zero attached hydrogens (tertiary/aromatic N) is 5. The summed E-state index contributed by atoms with van der Waals surface area (Å²) in [5.74, 6) is 0.785. The highest BCUT2D eigenvalue weighted by molar-refractivity contribution is 7.20. The fraction of sp³-hybridized carbons (Fsp3) is 0.500. The summed E-state index contributed by atoms with van der Waals surface area (Å²) in [5.41, 5.74) is 1.08. The van der Waals surface area contributed by atoms with Crippen molar-refractivity contribution in [2.24, 2.45) is 0 Å². The normalized spacial score (nSPS) is 13.8. The Bertz CT molecular complexity index is 672. The van der Waals surface area contributed by atoms with Gasteiger partial charge in [-0.2, -0.15) is 5.10 Å². The molecule has 8 heteroatoms. The second kappa shape index (κ2) is 4.55. The molecule has 0 amide bonds. The van der Waals surface area contributed by atoms with Gasteiger partial charge >= 0.3 is 0 Å². The molecule has 2 N–H and O–H groups in total. The lowest BCUT2D eigenvalue weighted by atomic mass is 9.93. The molecule has 7 nitrogen and oxygen atoms in total. The maximum atomic E-state index is 4.62. The van der Waals surface area contributed by atoms with Crippen molar-refractivity contribution in [3.63, 3.8) is 0 Å². The summed E-state index contributed by atoms with van der Waals surface area (Å²) in [4.78, 5) is 9.63. The molecule has 0 saturated heterocycles. The minimum atomic E-state index is 0.0236. The maximum absolute atomic E-state index is 4.62. The van der Waals surface area contributed by atoms with Crippen molar-refractivity contribution in [2.75, 3.05) is 5.32 Å². The molecule has 106 valence electrons. The minimum absolute atomic E-state index is 0.0236. The molecule has 0 saturated carbocycles. The Labute approximate surface area is 120 Å². The molecule has 0 aliphatic heterocycles. The topological polar surface area (TPSA) is 83.8 Å². The molecule has 3 heterocycles. The van der Waals surface area contributed by atoms with Crippen LogP contribution in [0.1, 0.15) is 45.3 Å². The zero-order chi connectivity index (χ0) is 14.3. The lowest BCUT2D eigenvalue weighted by Crippen LogP contribution is -2.11. The molecule has 0 aliphatic carbocycles. The summed E-state index contributed by atoms with van der Waals surface area (Å²) in [6.45, 7) is 8.44. The van der Waals surface area contributed by atoms with Crippen molar-refractivity contribution in [2.45, 2.75) is 39.2 Å². The molecule has 3 rings (SSSR count). The Morgan fingerprint density at radius 2 is 2.20 bits per heavy atom. The molecule has 3 aromatic rings. The average molecular weight is 291 g/mol. The van der Waals surface area contributed by atoms with Gasteiger partial charge < -0.3 is 5.32 Å². The molecule has 0 aromatic carbocycles. The van der Waals surface area contributed by atoms with Gasteiger partial charge in [0.15, 0.2) is 0 Å². The van der Waals surface area contributed by atoms with Gasteiger partial charge in [0.1, 0.15) is 12.2 Å². The summed E-state index contributed by atoms with van der Waals surface area (Å²) in [5, 5.41) is 15.3. The molecule has 20 heavy (non-hydrogen) atoms. The van der Waals surface area contributed by atoms with Gasteiger partial charge in [-0.3, -0.25) is 5.10 Å². The second-order valence-electron chi connectivity index (χ2n) is 5.75. The summed E-state index contributed by atoms with van der Waals surface area (Å²) < 4.78 is 1.82. The molecule has 1 atom stereocenters. The van der Waals surface area contributed by atoms with Crippen LogP contribution in [0.3, 0.4) is 0 Å². The highest BCUT2D eigenvalue weighted by Crippen LogP contribution is 2.27. The Morgan fingerprint density at radius 1 is 1.40 bits per heavy atom. The number of aromatic amines is 1. The van der Waals surface area contributed by atoms with Crippen LogP contribution >= 0.6 is 11.3 Å². The van der Waals surface area contributed by atoms with E-state index in [-0.39, 0.29) is 11.5 Å². The van der Waals surface area contributed by atoms with Crippen LogP contribution in [0.5, 0.6) is 0 Å². The number of aromatic nitrogens is 6. The van der Waals surface area contributed by atoms with Gasteiger partial charge in [-0.1, -0.05) is 32.1 Å². The minimum Gasteiger partial charge on any atom is -0.350 e. The molecular weight excluding hydrogens is 274 g/mol. The Balaban J connectivity index is 1.82. The molecular formula is C12H17N7S. The number of imidazole rings is 1. The SMILES string of the molecule is CC(Nc1nn2cc(C(C)(C)C)nc2s1)c1ncn[nH]1. The van der Waals surface area contributed by atoms with E-state index >= 15 is 0 Å². The molecule has 0 bridgehead atoms. The first kappa shape index (κ1) is 13.0. The van der Waals surface area contributed by atoms with E-state index in [2.05, 4.69) is 51.4 Å². The van der Waals surface area contributed by atoms with Gasteiger partial charge in [0.05, 0.1) is 17.9 Å². The van der Waals surface area contributed by atoms with Crippen molar-refractivity contribution < 1.29 is 0 Å². The summed E-state index contributed by atoms with van der Waals surface area (Å²) >= 11 is 1.53. The van der Waals surface area contributed by atoms with Crippen molar-refractivity contribution in [3.05, 3.63) is 24.0 Å². The highest BCUT2D eigenvalue weighted by atomic mass is 32.1. The average Bonchev–Trinajstić information content (AvgIpc) is 3.01. The van der Waals surface area contributed by atoms with Crippen molar-refractivity contribution in [1.82, 2.24) is 29.8 Å². The van der Waals surface area contributed by atoms with E-state index in [1.54, 1.807) is 0 Å². The standard InChI is InChI=1S/C12H17N7S/c1-7(9-13-6-14-17-9)15-10-18-19-5-8(12(2,3)4)16-11(19)20-10/h5-7H,1-4H3,(H,15,18)(H,13,14,17). The Hall–Kier alpha value is -1.96. The van der Waals surface area contributed by atoms with Crippen LogP contribution in [-0.4, -0.2) is 29.8 Å². The number of fused-ring (bicyclic) bond motifs is 1. The van der Waals surface area contributed by atoms with Gasteiger partial charge in [-0.25, -0.2) is 14.5 Å². The molecule has 0 fully saturated rings. The highest BCUT2D eigenvalue weighted by Gasteiger charge is 2.20. The number of anilines is 1. The largest absolute Gasteiger partial charge is 0.350 e. The summed E-state index contributed by atoms with van der Waals surface area (Å²) in [7, 11) is 0. The molecule has 0 spiro atoms. The Kier molecular flexibility index (Phi) is 2.97. The quantitative estimate of drug-likeness (QED) is 0.774. The van der Waals surface area contributed by atoms with Crippen LogP contribution in [0, 0.1) is 0 Å². The first-order valence-electron chi connectivity index (χ1n) is 6.42. The maximum Gasteiger partial charge on any atom is 0.214 e. The zero-order valence-electron chi connectivity index (χ0n) is 11.9. The summed E-state index contributed by atoms with van der Waals surface area (Å²) in [6, 6.07) is 0.0236. The van der Waals surface area contributed by atoms with Crippen molar-refractivity contribution >= 4 is 21.4 Å². The van der Waals surface area contributed by atoms with E-state index in [1.165, 1.54) is 17.7 Å². The van der Waals surface area contributed by atoms with Gasteiger partial charge in [-0.05, 0) is 6.92 Å². The van der Waals surface area contributed by atoms with E-state index in [9.17, 15) is 0 Å². The Morgan fingerprint density at radius 3 is 2.80 bits per heavy atom. The number of hydrogen-bond acceptors (Lipinski definition) is 6. The van der Waals surface area contributed by atoms with Crippen LogP contribution in [0.4, 0.5) is 5.13 Å². The zero-order valence-corrected chi connectivity index (χ0v) is 12.7. The van der Waals surface area contributed by atoms with Crippen molar-refractivity contribution in [1.29, 1.82) is 0 Å². The lowest BCUT2D eigenvalue weighted by molar-refractivity contribution is 0.572. The van der Waals surface area contributed by atoms with Crippen LogP contribution in [-0.2, 0) is 5.41 Å². The third kappa shape index (κ3) is 2.38. The molecule has 0 aliphatic rings. The molecule has 1 unspecified atom stereocenters. The van der Waals surface area contributed by atoms with Crippen molar-refractivity contribution in [3.8, 4) is 0 Å². The second-order valence-corrected chi connectivity index (χ2v) is 6.70. The number of hydrogen-bond donors (Lipinski definition) is 2. The van der Waals surface area contributed by atoms with E-state index in [0.29, 0.717) is 0 Å². The fourth-order valence-corrected chi connectivity index (χ4v) is 2.67. The number of H-pyrrole nitrogens is 1. The third-order valence-electron chi connectivity index (χ3n) is 3.00. The fourth-order valence-electron chi connectivity index (χ4n) is 1.80. The lowest BCUT2D eigenvalue weighted by Gasteiger charge is -2.13. The van der Waals surface area contributed by atoms with Crippen LogP contribution in [0.25, 0.3) is 4.96 Å². The van der Waals surface area contributed by atoms with Gasteiger partial charge in [0.2, 0.25) is 10.1 Å². The van der Waals surface area contributed by atoms with Gasteiger partial charge in [0, 0.05) is 5.41 Å². The van der Waals surface area contributed by atoms with Crippen LogP contribution < -0.4 is 5.32 Å². The van der Waals surface area contributed by atoms with E-state index in [0.717, 1.165) is 21.6 Å². The van der Waals surface area contributed by atoms with E-state index in [4.69, 9.17) is 0 Å². The summed E-state index contributed by atoms with van der Waals surface area (Å²) in [6.07, 6.45) is 3.48. The number of nitrogens with one attached hydrogen (secondary N) is 2. The predicted octanol–water partition coefficient (Wildman–Crippen LogP) is 2.38. The molecule has 3 aromatic heterocycles. The molecule has 0 radical (unpaired) electrons. The van der Waals surface area contributed by atoms with Gasteiger partial charge in [-0.15, -0.1) is 5.10 Å². The first-order chi connectivity index (χ1) is 9.43. The van der Waals surface area contributed by atoms with E-state index < -0.39 is 0 Å². The van der Waals surface area contributed by atoms with Gasteiger partial charge in [0.25, 0.3) is 0 Å². The third-order valence-corrected chi connectivity index (χ3v) is 3.85. The van der Waals surface area contributed by atoms with Crippen LogP contribution in [0.15, 0.2) is 12.5 Å². The predicted molar refractivity (Wildman–Crippen MR) is 78.0 cm³/mol. The van der Waals surface area contributed by atoms with E-state index in [1.807, 2.05) is 17.6 Å².